The lowest BCUT2D eigenvalue weighted by atomic mass is 10.1. The molecular formula is C24H22N4S. The highest BCUT2D eigenvalue weighted by Gasteiger charge is 2.09. The normalized spacial score (nSPS) is 12.4. The van der Waals surface area contributed by atoms with Gasteiger partial charge in [0.1, 0.15) is 0 Å². The minimum atomic E-state index is 0.827. The number of hydrogen-bond acceptors (Lipinski definition) is 4. The lowest BCUT2D eigenvalue weighted by Gasteiger charge is -2.06. The molecule has 0 spiro atoms. The first-order chi connectivity index (χ1) is 14.1. The van der Waals surface area contributed by atoms with Gasteiger partial charge in [-0.25, -0.2) is 9.67 Å². The van der Waals surface area contributed by atoms with Crippen LogP contribution in [-0.4, -0.2) is 15.4 Å². The average Bonchev–Trinajstić information content (AvgIpc) is 3.14. The van der Waals surface area contributed by atoms with Gasteiger partial charge < -0.3 is 0 Å². The van der Waals surface area contributed by atoms with Gasteiger partial charge in [0.15, 0.2) is 0 Å². The maximum atomic E-state index is 4.95. The summed E-state index contributed by atoms with van der Waals surface area (Å²) in [6, 6.07) is 22.4. The maximum absolute atomic E-state index is 4.95. The molecule has 0 atom stereocenters. The molecule has 4 nitrogen and oxygen atoms in total. The second kappa shape index (κ2) is 8.37. The molecule has 0 radical (unpaired) electrons. The van der Waals surface area contributed by atoms with Gasteiger partial charge >= 0.3 is 0 Å². The average molecular weight is 399 g/mol. The molecule has 144 valence electrons. The number of nitrogens with zero attached hydrogens (tertiary/aromatic N) is 4. The van der Waals surface area contributed by atoms with Gasteiger partial charge in [-0.3, -0.25) is 4.98 Å². The molecule has 0 bridgehead atoms. The van der Waals surface area contributed by atoms with E-state index in [0.29, 0.717) is 0 Å². The Morgan fingerprint density at radius 2 is 1.76 bits per heavy atom. The third-order valence-electron chi connectivity index (χ3n) is 4.62. The fraction of sp³-hybridized carbons (Fsp3) is 0.125. The minimum Gasteiger partial charge on any atom is -0.255 e. The van der Waals surface area contributed by atoms with Crippen LogP contribution in [0.5, 0.6) is 0 Å². The highest BCUT2D eigenvalue weighted by molar-refractivity contribution is 7.07. The molecule has 4 aromatic rings. The van der Waals surface area contributed by atoms with Crippen molar-refractivity contribution in [3.63, 3.8) is 0 Å². The first-order valence-corrected chi connectivity index (χ1v) is 10.3. The minimum absolute atomic E-state index is 0.827. The van der Waals surface area contributed by atoms with Crippen LogP contribution in [0.1, 0.15) is 23.7 Å². The summed E-state index contributed by atoms with van der Waals surface area (Å²) in [6.45, 7) is 6.14. The number of aromatic nitrogens is 2. The van der Waals surface area contributed by atoms with E-state index in [-0.39, 0.29) is 0 Å². The molecular weight excluding hydrogens is 376 g/mol. The molecule has 0 aliphatic rings. The van der Waals surface area contributed by atoms with Crippen LogP contribution in [0.3, 0.4) is 0 Å². The van der Waals surface area contributed by atoms with Gasteiger partial charge in [0, 0.05) is 17.1 Å². The summed E-state index contributed by atoms with van der Waals surface area (Å²) >= 11 is 1.59. The SMILES string of the molecule is CC(=Nn1c(-c2ccccc2)csc1=Nc1cc(C)ccc1C)c1ccccn1. The highest BCUT2D eigenvalue weighted by atomic mass is 32.1. The highest BCUT2D eigenvalue weighted by Crippen LogP contribution is 2.23. The van der Waals surface area contributed by atoms with Crippen LogP contribution in [0, 0.1) is 13.8 Å². The molecule has 2 heterocycles. The Bertz CT molecular complexity index is 1220. The summed E-state index contributed by atoms with van der Waals surface area (Å²) < 4.78 is 1.92. The van der Waals surface area contributed by atoms with E-state index in [1.54, 1.807) is 17.5 Å². The lowest BCUT2D eigenvalue weighted by molar-refractivity contribution is 0.846. The molecule has 0 aliphatic heterocycles. The summed E-state index contributed by atoms with van der Waals surface area (Å²) in [4.78, 5) is 10.2. The van der Waals surface area contributed by atoms with E-state index < -0.39 is 0 Å². The Hall–Kier alpha value is -3.31. The zero-order valence-electron chi connectivity index (χ0n) is 16.7. The van der Waals surface area contributed by atoms with Crippen LogP contribution in [-0.2, 0) is 0 Å². The zero-order chi connectivity index (χ0) is 20.2. The molecule has 0 N–H and O–H groups in total. The number of rotatable bonds is 4. The fourth-order valence-electron chi connectivity index (χ4n) is 3.00. The summed E-state index contributed by atoms with van der Waals surface area (Å²) in [5, 5.41) is 7.01. The van der Waals surface area contributed by atoms with E-state index in [1.165, 1.54) is 5.56 Å². The Morgan fingerprint density at radius 3 is 2.52 bits per heavy atom. The molecule has 29 heavy (non-hydrogen) atoms. The van der Waals surface area contributed by atoms with Gasteiger partial charge in [0.2, 0.25) is 4.80 Å². The first kappa shape index (κ1) is 19.0. The van der Waals surface area contributed by atoms with Crippen molar-refractivity contribution >= 4 is 22.7 Å². The molecule has 0 unspecified atom stereocenters. The number of pyridine rings is 1. The second-order valence-electron chi connectivity index (χ2n) is 6.88. The van der Waals surface area contributed by atoms with Crippen molar-refractivity contribution in [2.45, 2.75) is 20.8 Å². The Kier molecular flexibility index (Phi) is 5.49. The van der Waals surface area contributed by atoms with Crippen molar-refractivity contribution in [3.8, 4) is 11.3 Å². The molecule has 0 aliphatic carbocycles. The van der Waals surface area contributed by atoms with Crippen LogP contribution in [0.15, 0.2) is 88.4 Å². The van der Waals surface area contributed by atoms with Crippen molar-refractivity contribution < 1.29 is 0 Å². The molecule has 0 saturated heterocycles. The monoisotopic (exact) mass is 398 g/mol. The standard InChI is InChI=1S/C24H22N4S/c1-17-12-13-18(2)22(15-17)26-24-28(27-19(3)21-11-7-8-14-25-21)23(16-29-24)20-9-5-4-6-10-20/h4-16H,1-3H3. The molecule has 5 heteroatoms. The van der Waals surface area contributed by atoms with E-state index in [0.717, 1.165) is 38.7 Å². The van der Waals surface area contributed by atoms with Crippen LogP contribution in [0.4, 0.5) is 5.69 Å². The number of hydrogen-bond donors (Lipinski definition) is 0. The van der Waals surface area contributed by atoms with E-state index in [1.807, 2.05) is 48.0 Å². The largest absolute Gasteiger partial charge is 0.255 e. The number of thiazole rings is 1. The summed E-state index contributed by atoms with van der Waals surface area (Å²) in [6.07, 6.45) is 1.78. The van der Waals surface area contributed by atoms with Crippen molar-refractivity contribution in [2.24, 2.45) is 10.1 Å². The molecule has 2 aromatic heterocycles. The molecule has 0 amide bonds. The van der Waals surface area contributed by atoms with E-state index in [2.05, 4.69) is 54.5 Å². The van der Waals surface area contributed by atoms with Gasteiger partial charge in [-0.05, 0) is 50.1 Å². The summed E-state index contributed by atoms with van der Waals surface area (Å²) in [5.41, 5.74) is 7.09. The van der Waals surface area contributed by atoms with Crippen molar-refractivity contribution in [1.82, 2.24) is 9.66 Å². The van der Waals surface area contributed by atoms with Crippen molar-refractivity contribution in [1.29, 1.82) is 0 Å². The number of benzene rings is 2. The Morgan fingerprint density at radius 1 is 0.966 bits per heavy atom. The van der Waals surface area contributed by atoms with E-state index in [4.69, 9.17) is 10.1 Å². The quantitative estimate of drug-likeness (QED) is 0.405. The van der Waals surface area contributed by atoms with Crippen LogP contribution in [0.25, 0.3) is 11.3 Å². The Labute approximate surface area is 174 Å². The molecule has 4 rings (SSSR count). The van der Waals surface area contributed by atoms with Crippen molar-refractivity contribution in [3.05, 3.63) is 99.9 Å². The van der Waals surface area contributed by atoms with Crippen LogP contribution in [0.2, 0.25) is 0 Å². The summed E-state index contributed by atoms with van der Waals surface area (Å²) in [7, 11) is 0. The first-order valence-electron chi connectivity index (χ1n) is 9.47. The Balaban J connectivity index is 1.92. The van der Waals surface area contributed by atoms with E-state index in [9.17, 15) is 0 Å². The van der Waals surface area contributed by atoms with Gasteiger partial charge in [-0.2, -0.15) is 5.10 Å². The smallest absolute Gasteiger partial charge is 0.211 e. The fourth-order valence-corrected chi connectivity index (χ4v) is 3.84. The van der Waals surface area contributed by atoms with Crippen LogP contribution >= 0.6 is 11.3 Å². The molecule has 0 fully saturated rings. The lowest BCUT2D eigenvalue weighted by Crippen LogP contribution is -2.14. The van der Waals surface area contributed by atoms with Gasteiger partial charge in [0.25, 0.3) is 0 Å². The predicted octanol–water partition coefficient (Wildman–Crippen LogP) is 5.73. The van der Waals surface area contributed by atoms with Gasteiger partial charge in [-0.15, -0.1) is 11.3 Å². The van der Waals surface area contributed by atoms with Crippen LogP contribution < -0.4 is 4.80 Å². The van der Waals surface area contributed by atoms with Gasteiger partial charge in [0.05, 0.1) is 22.8 Å². The second-order valence-corrected chi connectivity index (χ2v) is 7.72. The molecule has 0 saturated carbocycles. The third kappa shape index (κ3) is 4.25. The maximum Gasteiger partial charge on any atom is 0.211 e. The predicted molar refractivity (Wildman–Crippen MR) is 121 cm³/mol. The molecule has 2 aromatic carbocycles. The third-order valence-corrected chi connectivity index (χ3v) is 5.44. The van der Waals surface area contributed by atoms with Crippen molar-refractivity contribution in [2.75, 3.05) is 0 Å². The number of aryl methyl sites for hydroxylation is 2. The summed E-state index contributed by atoms with van der Waals surface area (Å²) in [5.74, 6) is 0. The van der Waals surface area contributed by atoms with E-state index >= 15 is 0 Å². The zero-order valence-corrected chi connectivity index (χ0v) is 17.5. The van der Waals surface area contributed by atoms with Gasteiger partial charge in [-0.1, -0.05) is 48.5 Å². The topological polar surface area (TPSA) is 42.5 Å².